The van der Waals surface area contributed by atoms with Crippen molar-refractivity contribution in [2.75, 3.05) is 14.2 Å². The van der Waals surface area contributed by atoms with Crippen molar-refractivity contribution in [3.05, 3.63) is 70.0 Å². The van der Waals surface area contributed by atoms with Gasteiger partial charge < -0.3 is 20.9 Å². The van der Waals surface area contributed by atoms with E-state index in [1.165, 1.54) is 25.3 Å². The van der Waals surface area contributed by atoms with Gasteiger partial charge in [0, 0.05) is 6.42 Å². The number of halogens is 1. The molecule has 0 spiro atoms. The molecule has 2 atom stereocenters. The van der Waals surface area contributed by atoms with E-state index in [1.807, 2.05) is 12.4 Å². The highest BCUT2D eigenvalue weighted by molar-refractivity contribution is 7.15. The molecule has 0 amide bonds. The summed E-state index contributed by atoms with van der Waals surface area (Å²) in [7, 11) is 2.61. The Kier molecular flexibility index (Phi) is 8.11. The molecule has 0 saturated heterocycles. The summed E-state index contributed by atoms with van der Waals surface area (Å²) in [4.78, 5) is 25.1. The van der Waals surface area contributed by atoms with Crippen molar-refractivity contribution in [1.82, 2.24) is 4.57 Å². The maximum atomic E-state index is 12.8. The molecule has 2 aromatic carbocycles. The molecule has 0 N–H and O–H groups in total. The molecule has 0 aliphatic heterocycles. The highest BCUT2D eigenvalue weighted by Gasteiger charge is 2.35. The van der Waals surface area contributed by atoms with Crippen LogP contribution in [0.5, 0.6) is 0 Å². The maximum Gasteiger partial charge on any atom is 0.303 e. The highest BCUT2D eigenvalue weighted by Crippen LogP contribution is 2.26. The summed E-state index contributed by atoms with van der Waals surface area (Å²) in [6.07, 6.45) is 1.85. The first kappa shape index (κ1) is 26.5. The number of rotatable bonds is 7. The summed E-state index contributed by atoms with van der Waals surface area (Å²) < 4.78 is 14.1. The molecule has 0 radical (unpaired) electrons. The Bertz CT molecular complexity index is 1160. The minimum atomic E-state index is -1.96. The predicted octanol–water partition coefficient (Wildman–Crippen LogP) is 3.88. The van der Waals surface area contributed by atoms with Gasteiger partial charge in [-0.3, -0.25) is 9.59 Å². The second kappa shape index (κ2) is 10.7. The fraction of sp³-hybridized carbons (Fsp3) is 0.370. The number of imidazole rings is 1. The standard InChI is InChI=1S/C27H34BClN2O4/c1-16-11-18(3)24(19(4)12-16)30-9-10-31(25-20(5)13-17(2)14-21(25)6)27(30)28(29)22(26(33)35-8)15-23(32)34-7/h9-14,22,28H,15H2,1-8H3/t22-,28+/m1/s1. The Morgan fingerprint density at radius 3 is 1.91 bits per heavy atom. The average molecular weight is 497 g/mol. The summed E-state index contributed by atoms with van der Waals surface area (Å²) in [5.74, 6) is -1.89. The van der Waals surface area contributed by atoms with Gasteiger partial charge in [0.15, 0.2) is 0 Å². The molecule has 3 rings (SSSR count). The number of nitrogens with zero attached hydrogens (tertiary/aromatic N) is 2. The SMILES string of the molecule is COC(=O)C[C@@H]([B@H-](Cl)c1n(-c2c(C)cc(C)cc2C)cc[n+]1-c1c(C)cc(C)cc1C)C(=O)OC. The zero-order chi connectivity index (χ0) is 26.0. The zero-order valence-corrected chi connectivity index (χ0v) is 22.6. The number of hydrogen-bond acceptors (Lipinski definition) is 4. The summed E-state index contributed by atoms with van der Waals surface area (Å²) in [5, 5.41) is 0. The van der Waals surface area contributed by atoms with Crippen LogP contribution in [0.2, 0.25) is 5.82 Å². The Morgan fingerprint density at radius 2 is 1.43 bits per heavy atom. The molecule has 0 bridgehead atoms. The van der Waals surface area contributed by atoms with Crippen LogP contribution in [0.15, 0.2) is 36.7 Å². The molecule has 0 saturated carbocycles. The molecular formula is C27H34BClN2O4. The fourth-order valence-corrected chi connectivity index (χ4v) is 5.78. The molecule has 8 heteroatoms. The van der Waals surface area contributed by atoms with Crippen LogP contribution in [0.3, 0.4) is 0 Å². The Balaban J connectivity index is 2.35. The molecule has 0 unspecified atom stereocenters. The lowest BCUT2D eigenvalue weighted by Gasteiger charge is -2.25. The number of ether oxygens (including phenoxy) is 2. The van der Waals surface area contributed by atoms with Crippen molar-refractivity contribution in [3.8, 4) is 11.4 Å². The van der Waals surface area contributed by atoms with E-state index >= 15 is 0 Å². The topological polar surface area (TPSA) is 61.4 Å². The van der Waals surface area contributed by atoms with Gasteiger partial charge in [0.05, 0.1) is 19.9 Å². The van der Waals surface area contributed by atoms with Gasteiger partial charge in [-0.2, -0.15) is 0 Å². The quantitative estimate of drug-likeness (QED) is 0.283. The van der Waals surface area contributed by atoms with Gasteiger partial charge >= 0.3 is 5.97 Å². The molecule has 3 aromatic rings. The molecule has 0 aliphatic rings. The van der Waals surface area contributed by atoms with Gasteiger partial charge in [0.2, 0.25) is 6.13 Å². The largest absolute Gasteiger partial charge is 0.471 e. The normalized spacial score (nSPS) is 12.8. The van der Waals surface area contributed by atoms with Crippen LogP contribution < -0.4 is 10.3 Å². The molecule has 186 valence electrons. The van der Waals surface area contributed by atoms with E-state index in [2.05, 4.69) is 74.9 Å². The molecule has 0 aliphatic carbocycles. The van der Waals surface area contributed by atoms with Crippen LogP contribution in [0.1, 0.15) is 39.8 Å². The smallest absolute Gasteiger partial charge is 0.303 e. The van der Waals surface area contributed by atoms with Crippen molar-refractivity contribution in [1.29, 1.82) is 0 Å². The third kappa shape index (κ3) is 5.30. The number of carbonyl (C=O) groups is 2. The minimum absolute atomic E-state index is 0.157. The van der Waals surface area contributed by atoms with Gasteiger partial charge in [-0.15, -0.1) is 0 Å². The van der Waals surface area contributed by atoms with Crippen molar-refractivity contribution in [2.45, 2.75) is 53.8 Å². The fourth-order valence-electron chi connectivity index (χ4n) is 5.29. The molecule has 1 heterocycles. The zero-order valence-electron chi connectivity index (χ0n) is 21.9. The lowest BCUT2D eigenvalue weighted by molar-refractivity contribution is -0.576. The number of esters is 2. The summed E-state index contributed by atoms with van der Waals surface area (Å²) in [6, 6.07) is 8.51. The monoisotopic (exact) mass is 496 g/mol. The van der Waals surface area contributed by atoms with Gasteiger partial charge in [-0.25, -0.2) is 9.13 Å². The molecule has 1 aromatic heterocycles. The van der Waals surface area contributed by atoms with Gasteiger partial charge in [0.25, 0.3) is 5.97 Å². The molecule has 0 fully saturated rings. The summed E-state index contributed by atoms with van der Waals surface area (Å²) >= 11 is 7.20. The van der Waals surface area contributed by atoms with Crippen molar-refractivity contribution < 1.29 is 23.6 Å². The Morgan fingerprint density at radius 1 is 0.914 bits per heavy atom. The van der Waals surface area contributed by atoms with E-state index in [9.17, 15) is 9.59 Å². The van der Waals surface area contributed by atoms with E-state index < -0.39 is 23.9 Å². The van der Waals surface area contributed by atoms with Crippen molar-refractivity contribution in [3.63, 3.8) is 0 Å². The summed E-state index contributed by atoms with van der Waals surface area (Å²) in [5.41, 5.74) is 9.47. The van der Waals surface area contributed by atoms with E-state index in [0.717, 1.165) is 39.4 Å². The van der Waals surface area contributed by atoms with Gasteiger partial charge in [0.1, 0.15) is 23.8 Å². The van der Waals surface area contributed by atoms with Crippen LogP contribution >= 0.6 is 11.5 Å². The summed E-state index contributed by atoms with van der Waals surface area (Å²) in [6.45, 7) is 12.4. The first-order valence-corrected chi connectivity index (χ1v) is 12.3. The van der Waals surface area contributed by atoms with Crippen molar-refractivity contribution in [2.24, 2.45) is 0 Å². The highest BCUT2D eigenvalue weighted by atomic mass is 35.5. The van der Waals surface area contributed by atoms with Crippen LogP contribution in [0.4, 0.5) is 0 Å². The third-order valence-electron chi connectivity index (χ3n) is 6.58. The van der Waals surface area contributed by atoms with Crippen LogP contribution in [0, 0.1) is 41.5 Å². The van der Waals surface area contributed by atoms with Crippen LogP contribution in [0.25, 0.3) is 11.4 Å². The molecule has 35 heavy (non-hydrogen) atoms. The van der Waals surface area contributed by atoms with E-state index in [-0.39, 0.29) is 6.42 Å². The Labute approximate surface area is 212 Å². The first-order valence-electron chi connectivity index (χ1n) is 11.8. The van der Waals surface area contributed by atoms with E-state index in [4.69, 9.17) is 20.9 Å². The number of benzene rings is 2. The number of methoxy groups -OCH3 is 2. The lowest BCUT2D eigenvalue weighted by atomic mass is 9.59. The second-order valence-electron chi connectivity index (χ2n) is 9.44. The van der Waals surface area contributed by atoms with E-state index in [0.29, 0.717) is 0 Å². The van der Waals surface area contributed by atoms with E-state index in [1.54, 1.807) is 0 Å². The first-order chi connectivity index (χ1) is 16.5. The lowest BCUT2D eigenvalue weighted by Crippen LogP contribution is -2.57. The maximum absolute atomic E-state index is 12.8. The second-order valence-corrected chi connectivity index (χ2v) is 10.0. The van der Waals surface area contributed by atoms with Crippen LogP contribution in [-0.4, -0.2) is 36.9 Å². The van der Waals surface area contributed by atoms with Gasteiger partial charge in [-0.05, 0) is 69.6 Å². The number of hydrogen-bond donors (Lipinski definition) is 0. The predicted molar refractivity (Wildman–Crippen MR) is 141 cm³/mol. The number of aromatic nitrogens is 2. The Hall–Kier alpha value is -3.06. The molecule has 6 nitrogen and oxygen atoms in total. The van der Waals surface area contributed by atoms with Gasteiger partial charge in [-0.1, -0.05) is 35.4 Å². The number of carbonyl (C=O) groups excluding carboxylic acids is 2. The molecular weight excluding hydrogens is 463 g/mol. The third-order valence-corrected chi connectivity index (χ3v) is 7.20. The van der Waals surface area contributed by atoms with Crippen LogP contribution in [-0.2, 0) is 19.1 Å². The average Bonchev–Trinajstić information content (AvgIpc) is 3.18. The van der Waals surface area contributed by atoms with Crippen molar-refractivity contribution >= 4 is 35.3 Å². The number of aryl methyl sites for hydroxylation is 6. The minimum Gasteiger partial charge on any atom is -0.471 e.